The molecular weight excluding hydrogens is 216 g/mol. The molecule has 0 spiro atoms. The smallest absolute Gasteiger partial charge is 0.220 e. The summed E-state index contributed by atoms with van der Waals surface area (Å²) < 4.78 is 0. The maximum Gasteiger partial charge on any atom is 0.220 e. The number of hydrogen-bond donors (Lipinski definition) is 2. The third kappa shape index (κ3) is 5.15. The Bertz CT molecular complexity index is 376. The lowest BCUT2D eigenvalue weighted by molar-refractivity contribution is -0.127. The summed E-state index contributed by atoms with van der Waals surface area (Å²) >= 11 is 0. The lowest BCUT2D eigenvalue weighted by Crippen LogP contribution is -2.31. The van der Waals surface area contributed by atoms with Crippen LogP contribution in [0.4, 0.5) is 0 Å². The second-order valence-electron chi connectivity index (χ2n) is 4.09. The van der Waals surface area contributed by atoms with Crippen molar-refractivity contribution in [3.63, 3.8) is 0 Å². The zero-order chi connectivity index (χ0) is 12.7. The van der Waals surface area contributed by atoms with Crippen LogP contribution in [0.15, 0.2) is 30.3 Å². The quantitative estimate of drug-likeness (QED) is 0.766. The van der Waals surface area contributed by atoms with Crippen molar-refractivity contribution in [2.24, 2.45) is 11.7 Å². The van der Waals surface area contributed by atoms with Gasteiger partial charge in [-0.25, -0.2) is 0 Å². The second-order valence-corrected chi connectivity index (χ2v) is 4.09. The van der Waals surface area contributed by atoms with Gasteiger partial charge in [0.1, 0.15) is 0 Å². The van der Waals surface area contributed by atoms with Gasteiger partial charge in [-0.15, -0.1) is 0 Å². The van der Waals surface area contributed by atoms with Crippen LogP contribution in [0.1, 0.15) is 18.9 Å². The van der Waals surface area contributed by atoms with Crippen molar-refractivity contribution in [1.82, 2.24) is 5.32 Å². The molecule has 1 aromatic rings. The SMILES string of the molecule is CC(CC(=O)NCCc1ccccc1)C(N)=O. The fraction of sp³-hybridized carbons (Fsp3) is 0.385. The molecule has 0 aliphatic heterocycles. The molecule has 0 aromatic heterocycles. The Hall–Kier alpha value is -1.84. The van der Waals surface area contributed by atoms with Crippen molar-refractivity contribution >= 4 is 11.8 Å². The number of nitrogens with one attached hydrogen (secondary N) is 1. The van der Waals surface area contributed by atoms with Gasteiger partial charge in [-0.2, -0.15) is 0 Å². The van der Waals surface area contributed by atoms with E-state index in [9.17, 15) is 9.59 Å². The zero-order valence-corrected chi connectivity index (χ0v) is 9.98. The van der Waals surface area contributed by atoms with Gasteiger partial charge < -0.3 is 11.1 Å². The number of rotatable bonds is 6. The molecule has 0 heterocycles. The monoisotopic (exact) mass is 234 g/mol. The van der Waals surface area contributed by atoms with E-state index in [-0.39, 0.29) is 12.3 Å². The summed E-state index contributed by atoms with van der Waals surface area (Å²) in [5.41, 5.74) is 6.26. The van der Waals surface area contributed by atoms with Gasteiger partial charge in [0.05, 0.1) is 0 Å². The summed E-state index contributed by atoms with van der Waals surface area (Å²) in [6.45, 7) is 2.23. The number of carbonyl (C=O) groups is 2. The van der Waals surface area contributed by atoms with Gasteiger partial charge in [-0.3, -0.25) is 9.59 Å². The van der Waals surface area contributed by atoms with Crippen LogP contribution in [0.5, 0.6) is 0 Å². The number of benzene rings is 1. The van der Waals surface area contributed by atoms with Crippen molar-refractivity contribution in [2.45, 2.75) is 19.8 Å². The Morgan fingerprint density at radius 2 is 1.94 bits per heavy atom. The third-order valence-electron chi connectivity index (χ3n) is 2.56. The van der Waals surface area contributed by atoms with Crippen LogP contribution in [-0.4, -0.2) is 18.4 Å². The van der Waals surface area contributed by atoms with E-state index in [1.54, 1.807) is 6.92 Å². The summed E-state index contributed by atoms with van der Waals surface area (Å²) in [5, 5.41) is 2.77. The lowest BCUT2D eigenvalue weighted by Gasteiger charge is -2.08. The molecule has 3 N–H and O–H groups in total. The molecule has 0 fully saturated rings. The van der Waals surface area contributed by atoms with Gasteiger partial charge in [0.25, 0.3) is 0 Å². The van der Waals surface area contributed by atoms with Crippen molar-refractivity contribution in [3.8, 4) is 0 Å². The number of carbonyl (C=O) groups excluding carboxylic acids is 2. The Morgan fingerprint density at radius 1 is 1.29 bits per heavy atom. The highest BCUT2D eigenvalue weighted by molar-refractivity contribution is 5.84. The van der Waals surface area contributed by atoms with Crippen LogP contribution in [0.25, 0.3) is 0 Å². The van der Waals surface area contributed by atoms with Gasteiger partial charge in [0, 0.05) is 18.9 Å². The van der Waals surface area contributed by atoms with Crippen molar-refractivity contribution < 1.29 is 9.59 Å². The third-order valence-corrected chi connectivity index (χ3v) is 2.56. The molecule has 92 valence electrons. The Balaban J connectivity index is 2.23. The number of hydrogen-bond acceptors (Lipinski definition) is 2. The molecule has 0 bridgehead atoms. The molecule has 1 rings (SSSR count). The van der Waals surface area contributed by atoms with Gasteiger partial charge in [-0.1, -0.05) is 37.3 Å². The first-order chi connectivity index (χ1) is 8.09. The maximum absolute atomic E-state index is 11.4. The second kappa shape index (κ2) is 6.68. The fourth-order valence-corrected chi connectivity index (χ4v) is 1.44. The summed E-state index contributed by atoms with van der Waals surface area (Å²) in [6.07, 6.45) is 0.946. The minimum atomic E-state index is -0.441. The Labute approximate surface area is 101 Å². The first-order valence-electron chi connectivity index (χ1n) is 5.69. The van der Waals surface area contributed by atoms with E-state index in [1.165, 1.54) is 5.56 Å². The molecule has 0 saturated carbocycles. The largest absolute Gasteiger partial charge is 0.369 e. The molecule has 0 aliphatic carbocycles. The molecule has 4 nitrogen and oxygen atoms in total. The molecule has 0 radical (unpaired) electrons. The van der Waals surface area contributed by atoms with Crippen molar-refractivity contribution in [2.75, 3.05) is 6.54 Å². The first-order valence-corrected chi connectivity index (χ1v) is 5.69. The fourth-order valence-electron chi connectivity index (χ4n) is 1.44. The summed E-state index contributed by atoms with van der Waals surface area (Å²) in [6, 6.07) is 9.91. The van der Waals surface area contributed by atoms with Crippen molar-refractivity contribution in [1.29, 1.82) is 0 Å². The molecule has 1 atom stereocenters. The first kappa shape index (κ1) is 13.2. The molecule has 4 heteroatoms. The van der Waals surface area contributed by atoms with E-state index in [2.05, 4.69) is 5.32 Å². The molecule has 0 aliphatic rings. The molecule has 1 aromatic carbocycles. The zero-order valence-electron chi connectivity index (χ0n) is 9.98. The van der Waals surface area contributed by atoms with Crippen molar-refractivity contribution in [3.05, 3.63) is 35.9 Å². The van der Waals surface area contributed by atoms with Crippen LogP contribution in [0, 0.1) is 5.92 Å². The van der Waals surface area contributed by atoms with E-state index < -0.39 is 11.8 Å². The van der Waals surface area contributed by atoms with E-state index in [0.717, 1.165) is 6.42 Å². The van der Waals surface area contributed by atoms with Gasteiger partial charge >= 0.3 is 0 Å². The Kier molecular flexibility index (Phi) is 5.20. The summed E-state index contributed by atoms with van der Waals surface area (Å²) in [7, 11) is 0. The number of amides is 2. The van der Waals surface area contributed by atoms with Gasteiger partial charge in [-0.05, 0) is 12.0 Å². The highest BCUT2D eigenvalue weighted by atomic mass is 16.2. The van der Waals surface area contributed by atoms with E-state index >= 15 is 0 Å². The molecule has 17 heavy (non-hydrogen) atoms. The average Bonchev–Trinajstić information content (AvgIpc) is 2.30. The van der Waals surface area contributed by atoms with Crippen LogP contribution in [-0.2, 0) is 16.0 Å². The highest BCUT2D eigenvalue weighted by Gasteiger charge is 2.13. The van der Waals surface area contributed by atoms with Crippen LogP contribution < -0.4 is 11.1 Å². The molecule has 2 amide bonds. The molecule has 0 saturated heterocycles. The molecular formula is C13H18N2O2. The predicted octanol–water partition coefficient (Wildman–Crippen LogP) is 0.857. The normalized spacial score (nSPS) is 11.8. The summed E-state index contributed by atoms with van der Waals surface area (Å²) in [4.78, 5) is 22.2. The van der Waals surface area contributed by atoms with Gasteiger partial charge in [0.2, 0.25) is 11.8 Å². The maximum atomic E-state index is 11.4. The standard InChI is InChI=1S/C13H18N2O2/c1-10(13(14)17)9-12(16)15-8-7-11-5-3-2-4-6-11/h2-6,10H,7-9H2,1H3,(H2,14,17)(H,15,16). The predicted molar refractivity (Wildman–Crippen MR) is 66.1 cm³/mol. The lowest BCUT2D eigenvalue weighted by atomic mass is 10.1. The average molecular weight is 234 g/mol. The number of primary amides is 1. The number of nitrogens with two attached hydrogens (primary N) is 1. The van der Waals surface area contributed by atoms with Crippen LogP contribution >= 0.6 is 0 Å². The molecule has 1 unspecified atom stereocenters. The minimum absolute atomic E-state index is 0.132. The van der Waals surface area contributed by atoms with Crippen LogP contribution in [0.3, 0.4) is 0 Å². The minimum Gasteiger partial charge on any atom is -0.369 e. The Morgan fingerprint density at radius 3 is 2.53 bits per heavy atom. The highest BCUT2D eigenvalue weighted by Crippen LogP contribution is 2.01. The van der Waals surface area contributed by atoms with E-state index in [4.69, 9.17) is 5.73 Å². The van der Waals surface area contributed by atoms with E-state index in [0.29, 0.717) is 6.54 Å². The van der Waals surface area contributed by atoms with Crippen LogP contribution in [0.2, 0.25) is 0 Å². The van der Waals surface area contributed by atoms with Gasteiger partial charge in [0.15, 0.2) is 0 Å². The summed E-state index contributed by atoms with van der Waals surface area (Å²) in [5.74, 6) is -0.984. The van der Waals surface area contributed by atoms with E-state index in [1.807, 2.05) is 30.3 Å². The topological polar surface area (TPSA) is 72.2 Å².